The van der Waals surface area contributed by atoms with Crippen molar-refractivity contribution in [2.24, 2.45) is 10.7 Å². The summed E-state index contributed by atoms with van der Waals surface area (Å²) in [6, 6.07) is 8.78. The summed E-state index contributed by atoms with van der Waals surface area (Å²) in [5.74, 6) is 0.517. The lowest BCUT2D eigenvalue weighted by Crippen LogP contribution is -2.45. The van der Waals surface area contributed by atoms with Gasteiger partial charge in [0, 0.05) is 12.1 Å². The van der Waals surface area contributed by atoms with Crippen LogP contribution >= 0.6 is 0 Å². The Morgan fingerprint density at radius 1 is 1.05 bits per heavy atom. The summed E-state index contributed by atoms with van der Waals surface area (Å²) in [6.07, 6.45) is 0.914. The quantitative estimate of drug-likeness (QED) is 0.657. The molecule has 3 heteroatoms. The maximum Gasteiger partial charge on any atom is 0.188 e. The van der Waals surface area contributed by atoms with E-state index in [1.165, 1.54) is 11.1 Å². The number of hydrogen-bond acceptors (Lipinski definition) is 1. The molecule has 1 aromatic rings. The van der Waals surface area contributed by atoms with Crippen LogP contribution in [0.1, 0.15) is 52.7 Å². The Hall–Kier alpha value is -1.51. The lowest BCUT2D eigenvalue weighted by Gasteiger charge is -2.21. The van der Waals surface area contributed by atoms with E-state index in [0.29, 0.717) is 12.5 Å². The summed E-state index contributed by atoms with van der Waals surface area (Å²) in [7, 11) is 0. The molecule has 0 bridgehead atoms. The van der Waals surface area contributed by atoms with Gasteiger partial charge in [-0.15, -0.1) is 0 Å². The molecule has 0 spiro atoms. The molecule has 0 aromatic heterocycles. The van der Waals surface area contributed by atoms with Gasteiger partial charge in [0.1, 0.15) is 0 Å². The van der Waals surface area contributed by atoms with Crippen LogP contribution in [0, 0.1) is 0 Å². The molecule has 1 aromatic carbocycles. The number of rotatable bonds is 3. The van der Waals surface area contributed by atoms with E-state index < -0.39 is 0 Å². The zero-order chi connectivity index (χ0) is 15.4. The lowest BCUT2D eigenvalue weighted by atomic mass is 9.86. The molecule has 0 unspecified atom stereocenters. The minimum atomic E-state index is -0.0397. The van der Waals surface area contributed by atoms with E-state index in [4.69, 9.17) is 5.73 Å². The Labute approximate surface area is 123 Å². The van der Waals surface area contributed by atoms with E-state index in [-0.39, 0.29) is 11.0 Å². The van der Waals surface area contributed by atoms with Crippen molar-refractivity contribution in [1.82, 2.24) is 5.32 Å². The number of aliphatic imine (C=N–C) groups is 1. The molecule has 3 N–H and O–H groups in total. The van der Waals surface area contributed by atoms with Crippen molar-refractivity contribution in [3.8, 4) is 0 Å². The Morgan fingerprint density at radius 3 is 2.05 bits per heavy atom. The van der Waals surface area contributed by atoms with Crippen LogP contribution in [0.4, 0.5) is 0 Å². The monoisotopic (exact) mass is 275 g/mol. The van der Waals surface area contributed by atoms with E-state index in [1.807, 2.05) is 0 Å². The maximum atomic E-state index is 5.84. The van der Waals surface area contributed by atoms with E-state index >= 15 is 0 Å². The summed E-state index contributed by atoms with van der Waals surface area (Å²) >= 11 is 0. The van der Waals surface area contributed by atoms with Crippen molar-refractivity contribution in [3.63, 3.8) is 0 Å². The molecule has 0 radical (unpaired) electrons. The van der Waals surface area contributed by atoms with Crippen molar-refractivity contribution in [3.05, 3.63) is 35.4 Å². The van der Waals surface area contributed by atoms with Crippen molar-refractivity contribution in [2.45, 2.75) is 58.9 Å². The number of benzene rings is 1. The van der Waals surface area contributed by atoms with Crippen LogP contribution in [0.2, 0.25) is 0 Å². The molecule has 0 saturated carbocycles. The molecule has 0 atom stereocenters. The molecule has 20 heavy (non-hydrogen) atoms. The van der Waals surface area contributed by atoms with Crippen molar-refractivity contribution in [2.75, 3.05) is 6.54 Å². The van der Waals surface area contributed by atoms with Crippen molar-refractivity contribution in [1.29, 1.82) is 0 Å². The van der Waals surface area contributed by atoms with Crippen LogP contribution in [0.5, 0.6) is 0 Å². The van der Waals surface area contributed by atoms with E-state index in [2.05, 4.69) is 76.1 Å². The average Bonchev–Trinajstić information content (AvgIpc) is 2.26. The topological polar surface area (TPSA) is 50.4 Å². The Kier molecular flexibility index (Phi) is 5.21. The van der Waals surface area contributed by atoms with Crippen molar-refractivity contribution < 1.29 is 0 Å². The molecule has 0 fully saturated rings. The Bertz CT molecular complexity index is 445. The van der Waals surface area contributed by atoms with Gasteiger partial charge in [0.25, 0.3) is 0 Å². The zero-order valence-electron chi connectivity index (χ0n) is 13.7. The minimum Gasteiger partial charge on any atom is -0.370 e. The highest BCUT2D eigenvalue weighted by Gasteiger charge is 2.12. The van der Waals surface area contributed by atoms with E-state index in [9.17, 15) is 0 Å². The van der Waals surface area contributed by atoms with Gasteiger partial charge in [-0.1, -0.05) is 45.0 Å². The Balaban J connectivity index is 2.53. The summed E-state index contributed by atoms with van der Waals surface area (Å²) in [5.41, 5.74) is 8.67. The first kappa shape index (κ1) is 16.5. The predicted molar refractivity (Wildman–Crippen MR) is 88.2 cm³/mol. The number of nitrogens with one attached hydrogen (secondary N) is 1. The smallest absolute Gasteiger partial charge is 0.188 e. The normalized spacial score (nSPS) is 13.4. The van der Waals surface area contributed by atoms with Crippen molar-refractivity contribution >= 4 is 5.96 Å². The molecule has 3 nitrogen and oxygen atoms in total. The standard InChI is InChI=1S/C17H29N3/c1-16(2,3)14-9-7-13(8-10-14)11-12-19-15(18)20-17(4,5)6/h7-10H,11-12H2,1-6H3,(H3,18,19,20). The van der Waals surface area contributed by atoms with Gasteiger partial charge in [0.15, 0.2) is 5.96 Å². The summed E-state index contributed by atoms with van der Waals surface area (Å²) in [4.78, 5) is 4.36. The van der Waals surface area contributed by atoms with E-state index in [1.54, 1.807) is 0 Å². The summed E-state index contributed by atoms with van der Waals surface area (Å²) < 4.78 is 0. The van der Waals surface area contributed by atoms with Crippen LogP contribution in [0.3, 0.4) is 0 Å². The molecule has 0 saturated heterocycles. The number of guanidine groups is 1. The molecule has 112 valence electrons. The molecule has 0 amide bonds. The molecule has 0 aliphatic rings. The lowest BCUT2D eigenvalue weighted by molar-refractivity contribution is 0.508. The van der Waals surface area contributed by atoms with Gasteiger partial charge in [-0.05, 0) is 43.7 Å². The predicted octanol–water partition coefficient (Wildman–Crippen LogP) is 3.23. The molecule has 1 rings (SSSR count). The van der Waals surface area contributed by atoms with Gasteiger partial charge in [0.2, 0.25) is 0 Å². The fourth-order valence-corrected chi connectivity index (χ4v) is 1.90. The Morgan fingerprint density at radius 2 is 1.60 bits per heavy atom. The third-order valence-electron chi connectivity index (χ3n) is 3.01. The van der Waals surface area contributed by atoms with Crippen LogP contribution in [-0.2, 0) is 11.8 Å². The summed E-state index contributed by atoms with van der Waals surface area (Å²) in [6.45, 7) is 13.6. The molecule has 0 aliphatic carbocycles. The van der Waals surface area contributed by atoms with Gasteiger partial charge < -0.3 is 11.1 Å². The zero-order valence-corrected chi connectivity index (χ0v) is 13.7. The second-order valence-electron chi connectivity index (χ2n) is 7.34. The SMILES string of the molecule is CC(C)(C)NC(N)=NCCc1ccc(C(C)(C)C)cc1. The molecular formula is C17H29N3. The van der Waals surface area contributed by atoms with Gasteiger partial charge in [-0.3, -0.25) is 4.99 Å². The third-order valence-corrected chi connectivity index (χ3v) is 3.01. The minimum absolute atomic E-state index is 0.0397. The highest BCUT2D eigenvalue weighted by Crippen LogP contribution is 2.22. The summed E-state index contributed by atoms with van der Waals surface area (Å²) in [5, 5.41) is 3.16. The second kappa shape index (κ2) is 6.29. The highest BCUT2D eigenvalue weighted by molar-refractivity contribution is 5.78. The third kappa shape index (κ3) is 6.09. The molecule has 0 aliphatic heterocycles. The first-order valence-corrected chi connectivity index (χ1v) is 7.25. The van der Waals surface area contributed by atoms with Gasteiger partial charge in [-0.25, -0.2) is 0 Å². The van der Waals surface area contributed by atoms with E-state index in [0.717, 1.165) is 6.42 Å². The molecular weight excluding hydrogens is 246 g/mol. The first-order chi connectivity index (χ1) is 9.08. The fraction of sp³-hybridized carbons (Fsp3) is 0.588. The largest absolute Gasteiger partial charge is 0.370 e. The fourth-order valence-electron chi connectivity index (χ4n) is 1.90. The van der Waals surface area contributed by atoms with Gasteiger partial charge in [-0.2, -0.15) is 0 Å². The van der Waals surface area contributed by atoms with Crippen LogP contribution in [0.15, 0.2) is 29.3 Å². The van der Waals surface area contributed by atoms with Gasteiger partial charge in [0.05, 0.1) is 0 Å². The second-order valence-corrected chi connectivity index (χ2v) is 7.34. The first-order valence-electron chi connectivity index (χ1n) is 7.25. The number of nitrogens with zero attached hydrogens (tertiary/aromatic N) is 1. The van der Waals surface area contributed by atoms with Crippen LogP contribution in [-0.4, -0.2) is 18.0 Å². The van der Waals surface area contributed by atoms with Gasteiger partial charge >= 0.3 is 0 Å². The average molecular weight is 275 g/mol. The highest BCUT2D eigenvalue weighted by atomic mass is 15.1. The maximum absolute atomic E-state index is 5.84. The van der Waals surface area contributed by atoms with Crippen LogP contribution < -0.4 is 11.1 Å². The van der Waals surface area contributed by atoms with Crippen LogP contribution in [0.25, 0.3) is 0 Å². The molecule has 0 heterocycles. The number of nitrogens with two attached hydrogens (primary N) is 1. The number of hydrogen-bond donors (Lipinski definition) is 2.